The van der Waals surface area contributed by atoms with Gasteiger partial charge in [-0.3, -0.25) is 5.84 Å². The van der Waals surface area contributed by atoms with E-state index in [0.717, 1.165) is 6.04 Å². The van der Waals surface area contributed by atoms with Crippen molar-refractivity contribution in [2.45, 2.75) is 31.3 Å². The SMILES string of the molecule is NN(C1CC1)C1CCSC1. The summed E-state index contributed by atoms with van der Waals surface area (Å²) in [5.41, 5.74) is 0. The second kappa shape index (κ2) is 2.72. The molecule has 1 saturated carbocycles. The predicted octanol–water partition coefficient (Wildman–Crippen LogP) is 0.830. The highest BCUT2D eigenvalue weighted by molar-refractivity contribution is 7.99. The Morgan fingerprint density at radius 1 is 1.20 bits per heavy atom. The van der Waals surface area contributed by atoms with Crippen LogP contribution in [0.25, 0.3) is 0 Å². The first-order valence-electron chi connectivity index (χ1n) is 3.98. The number of thioether (sulfide) groups is 1. The zero-order chi connectivity index (χ0) is 6.97. The zero-order valence-corrected chi connectivity index (χ0v) is 6.94. The minimum absolute atomic E-state index is 0.692. The third-order valence-corrected chi connectivity index (χ3v) is 3.44. The maximum atomic E-state index is 5.90. The quantitative estimate of drug-likeness (QED) is 0.477. The van der Waals surface area contributed by atoms with E-state index in [-0.39, 0.29) is 0 Å². The van der Waals surface area contributed by atoms with E-state index in [9.17, 15) is 0 Å². The Labute approximate surface area is 66.1 Å². The van der Waals surface area contributed by atoms with Crippen molar-refractivity contribution >= 4 is 11.8 Å². The Morgan fingerprint density at radius 2 is 2.00 bits per heavy atom. The average Bonchev–Trinajstić information content (AvgIpc) is 2.65. The lowest BCUT2D eigenvalue weighted by molar-refractivity contribution is 0.208. The van der Waals surface area contributed by atoms with Crippen molar-refractivity contribution in [2.75, 3.05) is 11.5 Å². The van der Waals surface area contributed by atoms with Crippen molar-refractivity contribution in [1.82, 2.24) is 5.01 Å². The highest BCUT2D eigenvalue weighted by atomic mass is 32.2. The molecule has 3 heteroatoms. The van der Waals surface area contributed by atoms with Crippen LogP contribution >= 0.6 is 11.8 Å². The van der Waals surface area contributed by atoms with Gasteiger partial charge in [0.25, 0.3) is 0 Å². The third kappa shape index (κ3) is 1.31. The summed E-state index contributed by atoms with van der Waals surface area (Å²) in [4.78, 5) is 0. The highest BCUT2D eigenvalue weighted by Crippen LogP contribution is 2.30. The van der Waals surface area contributed by atoms with Gasteiger partial charge in [-0.25, -0.2) is 5.01 Å². The standard InChI is InChI=1S/C7H14N2S/c8-9(6-1-2-6)7-3-4-10-5-7/h6-7H,1-5,8H2. The van der Waals surface area contributed by atoms with Crippen molar-refractivity contribution in [2.24, 2.45) is 5.84 Å². The summed E-state index contributed by atoms with van der Waals surface area (Å²) in [5.74, 6) is 8.47. The molecule has 2 nitrogen and oxygen atoms in total. The van der Waals surface area contributed by atoms with Gasteiger partial charge in [0.2, 0.25) is 0 Å². The van der Waals surface area contributed by atoms with Crippen LogP contribution in [-0.2, 0) is 0 Å². The Morgan fingerprint density at radius 3 is 2.50 bits per heavy atom. The summed E-state index contributed by atoms with van der Waals surface area (Å²) >= 11 is 2.03. The lowest BCUT2D eigenvalue weighted by atomic mass is 10.2. The van der Waals surface area contributed by atoms with Crippen LogP contribution in [0.4, 0.5) is 0 Å². The first kappa shape index (κ1) is 6.95. The first-order valence-corrected chi connectivity index (χ1v) is 5.14. The molecule has 0 aromatic carbocycles. The van der Waals surface area contributed by atoms with E-state index in [1.165, 1.54) is 30.8 Å². The van der Waals surface area contributed by atoms with Gasteiger partial charge < -0.3 is 0 Å². The van der Waals surface area contributed by atoms with E-state index in [1.54, 1.807) is 0 Å². The minimum atomic E-state index is 0.692. The maximum Gasteiger partial charge on any atom is 0.0342 e. The van der Waals surface area contributed by atoms with Crippen LogP contribution in [0.5, 0.6) is 0 Å². The molecule has 10 heavy (non-hydrogen) atoms. The molecule has 1 saturated heterocycles. The minimum Gasteiger partial charge on any atom is -0.268 e. The first-order chi connectivity index (χ1) is 4.88. The number of hydrazine groups is 1. The molecule has 0 radical (unpaired) electrons. The molecule has 1 unspecified atom stereocenters. The summed E-state index contributed by atoms with van der Waals surface area (Å²) < 4.78 is 0. The van der Waals surface area contributed by atoms with E-state index in [2.05, 4.69) is 5.01 Å². The molecule has 0 spiro atoms. The number of nitrogens with zero attached hydrogens (tertiary/aromatic N) is 1. The lowest BCUT2D eigenvalue weighted by Gasteiger charge is -2.21. The van der Waals surface area contributed by atoms with E-state index in [0.29, 0.717) is 6.04 Å². The maximum absolute atomic E-state index is 5.90. The van der Waals surface area contributed by atoms with Crippen molar-refractivity contribution in [3.8, 4) is 0 Å². The van der Waals surface area contributed by atoms with E-state index in [1.807, 2.05) is 11.8 Å². The molecule has 2 rings (SSSR count). The van der Waals surface area contributed by atoms with Gasteiger partial charge in [-0.2, -0.15) is 11.8 Å². The van der Waals surface area contributed by atoms with Gasteiger partial charge >= 0.3 is 0 Å². The Hall–Kier alpha value is 0.270. The molecule has 58 valence electrons. The summed E-state index contributed by atoms with van der Waals surface area (Å²) in [7, 11) is 0. The molecule has 0 amide bonds. The van der Waals surface area contributed by atoms with Gasteiger partial charge in [-0.1, -0.05) is 0 Å². The monoisotopic (exact) mass is 158 g/mol. The summed E-state index contributed by atoms with van der Waals surface area (Å²) in [6.07, 6.45) is 3.97. The Bertz CT molecular complexity index is 119. The molecule has 0 aromatic heterocycles. The molecular formula is C7H14N2S. The van der Waals surface area contributed by atoms with Gasteiger partial charge in [-0.15, -0.1) is 0 Å². The van der Waals surface area contributed by atoms with Crippen LogP contribution in [0.2, 0.25) is 0 Å². The van der Waals surface area contributed by atoms with E-state index >= 15 is 0 Å². The molecule has 2 fully saturated rings. The van der Waals surface area contributed by atoms with Gasteiger partial charge in [0.1, 0.15) is 0 Å². The van der Waals surface area contributed by atoms with Crippen molar-refractivity contribution in [3.05, 3.63) is 0 Å². The fraction of sp³-hybridized carbons (Fsp3) is 1.00. The topological polar surface area (TPSA) is 29.3 Å². The van der Waals surface area contributed by atoms with Gasteiger partial charge in [0.15, 0.2) is 0 Å². The van der Waals surface area contributed by atoms with Gasteiger partial charge in [0.05, 0.1) is 0 Å². The number of hydrogen-bond donors (Lipinski definition) is 1. The summed E-state index contributed by atoms with van der Waals surface area (Å²) in [6.45, 7) is 0. The molecule has 2 aliphatic rings. The van der Waals surface area contributed by atoms with Gasteiger partial charge in [-0.05, 0) is 25.0 Å². The molecule has 0 aromatic rings. The molecule has 1 aliphatic heterocycles. The van der Waals surface area contributed by atoms with Crippen LogP contribution in [0, 0.1) is 0 Å². The smallest absolute Gasteiger partial charge is 0.0342 e. The van der Waals surface area contributed by atoms with E-state index < -0.39 is 0 Å². The second-order valence-corrected chi connectivity index (χ2v) is 4.35. The lowest BCUT2D eigenvalue weighted by Crippen LogP contribution is -2.42. The summed E-state index contributed by atoms with van der Waals surface area (Å²) in [6, 6.07) is 1.43. The van der Waals surface area contributed by atoms with E-state index in [4.69, 9.17) is 5.84 Å². The number of rotatable bonds is 2. The largest absolute Gasteiger partial charge is 0.268 e. The van der Waals surface area contributed by atoms with Gasteiger partial charge in [0, 0.05) is 17.8 Å². The third-order valence-electron chi connectivity index (χ3n) is 2.30. The zero-order valence-electron chi connectivity index (χ0n) is 6.12. The molecule has 1 heterocycles. The Kier molecular flexibility index (Phi) is 1.89. The Balaban J connectivity index is 1.84. The molecule has 1 aliphatic carbocycles. The average molecular weight is 158 g/mol. The molecule has 2 N–H and O–H groups in total. The normalized spacial score (nSPS) is 33.6. The van der Waals surface area contributed by atoms with Crippen LogP contribution < -0.4 is 5.84 Å². The van der Waals surface area contributed by atoms with Crippen LogP contribution in [0.3, 0.4) is 0 Å². The van der Waals surface area contributed by atoms with Crippen molar-refractivity contribution in [3.63, 3.8) is 0 Å². The second-order valence-electron chi connectivity index (χ2n) is 3.20. The number of nitrogens with two attached hydrogens (primary N) is 1. The van der Waals surface area contributed by atoms with Crippen LogP contribution in [0.15, 0.2) is 0 Å². The highest BCUT2D eigenvalue weighted by Gasteiger charge is 2.33. The van der Waals surface area contributed by atoms with Crippen molar-refractivity contribution in [1.29, 1.82) is 0 Å². The molecular weight excluding hydrogens is 144 g/mol. The van der Waals surface area contributed by atoms with Crippen LogP contribution in [0.1, 0.15) is 19.3 Å². The van der Waals surface area contributed by atoms with Crippen LogP contribution in [-0.4, -0.2) is 28.6 Å². The fourth-order valence-electron chi connectivity index (χ4n) is 1.43. The van der Waals surface area contributed by atoms with Crippen molar-refractivity contribution < 1.29 is 0 Å². The molecule has 1 atom stereocenters. The number of hydrogen-bond acceptors (Lipinski definition) is 3. The molecule has 0 bridgehead atoms. The predicted molar refractivity (Wildman–Crippen MR) is 44.8 cm³/mol. The summed E-state index contributed by atoms with van der Waals surface area (Å²) in [5, 5.41) is 2.10. The fourth-order valence-corrected chi connectivity index (χ4v) is 2.64.